The summed E-state index contributed by atoms with van der Waals surface area (Å²) in [6.45, 7) is 4.28. The first-order chi connectivity index (χ1) is 9.04. The van der Waals surface area contributed by atoms with Crippen LogP contribution in [0.15, 0.2) is 0 Å². The second-order valence-corrected chi connectivity index (χ2v) is 8.50. The molecule has 0 atom stereocenters. The first-order valence-corrected chi connectivity index (χ1v) is 10.1. The van der Waals surface area contributed by atoms with Gasteiger partial charge in [-0.15, -0.1) is 0 Å². The van der Waals surface area contributed by atoms with E-state index in [1.165, 1.54) is 19.3 Å². The van der Waals surface area contributed by atoms with Crippen molar-refractivity contribution in [3.63, 3.8) is 0 Å². The molecule has 0 heterocycles. The van der Waals surface area contributed by atoms with Crippen LogP contribution >= 0.6 is 11.8 Å². The minimum absolute atomic E-state index is 0.132. The average molecular weight is 309 g/mol. The maximum absolute atomic E-state index is 11.9. The van der Waals surface area contributed by atoms with Crippen molar-refractivity contribution in [3.8, 4) is 0 Å². The smallest absolute Gasteiger partial charge is 0.211 e. The van der Waals surface area contributed by atoms with Crippen molar-refractivity contribution in [2.75, 3.05) is 31.6 Å². The van der Waals surface area contributed by atoms with Crippen LogP contribution in [-0.2, 0) is 10.0 Å². The Balaban J connectivity index is 2.36. The third-order valence-electron chi connectivity index (χ3n) is 3.83. The Labute approximate surface area is 122 Å². The van der Waals surface area contributed by atoms with Gasteiger partial charge >= 0.3 is 0 Å². The lowest BCUT2D eigenvalue weighted by atomic mass is 9.88. The number of thioether (sulfide) groups is 1. The van der Waals surface area contributed by atoms with E-state index in [4.69, 9.17) is 0 Å². The van der Waals surface area contributed by atoms with Gasteiger partial charge in [0.15, 0.2) is 0 Å². The van der Waals surface area contributed by atoms with E-state index in [0.29, 0.717) is 13.0 Å². The molecule has 0 aliphatic heterocycles. The number of rotatable bonds is 9. The molecule has 0 unspecified atom stereocenters. The van der Waals surface area contributed by atoms with Crippen molar-refractivity contribution in [1.82, 2.24) is 10.0 Å². The molecule has 0 spiro atoms. The van der Waals surface area contributed by atoms with E-state index in [0.717, 1.165) is 25.9 Å². The van der Waals surface area contributed by atoms with Gasteiger partial charge in [0.05, 0.1) is 5.75 Å². The van der Waals surface area contributed by atoms with Crippen LogP contribution in [0.1, 0.15) is 45.4 Å². The molecule has 1 saturated carbocycles. The standard InChI is InChI=1S/C13H28N2O2S2/c1-3-14-10-7-11-19(16,17)15-12-13(18-2)8-5-4-6-9-13/h14-15H,3-12H2,1-2H3. The van der Waals surface area contributed by atoms with Gasteiger partial charge in [-0.25, -0.2) is 13.1 Å². The largest absolute Gasteiger partial charge is 0.317 e. The average Bonchev–Trinajstić information content (AvgIpc) is 2.43. The zero-order valence-electron chi connectivity index (χ0n) is 12.2. The van der Waals surface area contributed by atoms with Gasteiger partial charge < -0.3 is 5.32 Å². The SMILES string of the molecule is CCNCCCS(=O)(=O)NCC1(SC)CCCCC1. The monoisotopic (exact) mass is 308 g/mol. The molecule has 1 rings (SSSR count). The second-order valence-electron chi connectivity index (χ2n) is 5.29. The van der Waals surface area contributed by atoms with Crippen molar-refractivity contribution in [1.29, 1.82) is 0 Å². The van der Waals surface area contributed by atoms with Crippen molar-refractivity contribution in [3.05, 3.63) is 0 Å². The van der Waals surface area contributed by atoms with E-state index in [-0.39, 0.29) is 10.5 Å². The molecule has 1 aliphatic rings. The van der Waals surface area contributed by atoms with Gasteiger partial charge in [0.2, 0.25) is 10.0 Å². The summed E-state index contributed by atoms with van der Waals surface area (Å²) in [6.07, 6.45) is 8.78. The topological polar surface area (TPSA) is 58.2 Å². The summed E-state index contributed by atoms with van der Waals surface area (Å²) in [6, 6.07) is 0. The molecular formula is C13H28N2O2S2. The third kappa shape index (κ3) is 6.47. The summed E-state index contributed by atoms with van der Waals surface area (Å²) in [7, 11) is -3.11. The highest BCUT2D eigenvalue weighted by Crippen LogP contribution is 2.38. The summed E-state index contributed by atoms with van der Waals surface area (Å²) >= 11 is 1.83. The number of hydrogen-bond acceptors (Lipinski definition) is 4. The first kappa shape index (κ1) is 17.3. The summed E-state index contributed by atoms with van der Waals surface area (Å²) in [5.41, 5.74) is 0. The number of sulfonamides is 1. The fraction of sp³-hybridized carbons (Fsp3) is 1.00. The van der Waals surface area contributed by atoms with Crippen LogP contribution < -0.4 is 10.0 Å². The molecule has 4 nitrogen and oxygen atoms in total. The Morgan fingerprint density at radius 1 is 1.21 bits per heavy atom. The summed E-state index contributed by atoms with van der Waals surface area (Å²) < 4.78 is 26.8. The van der Waals surface area contributed by atoms with Crippen molar-refractivity contribution >= 4 is 21.8 Å². The molecule has 0 aromatic rings. The molecule has 0 aromatic heterocycles. The molecule has 1 aliphatic carbocycles. The normalized spacial score (nSPS) is 19.5. The second kappa shape index (κ2) is 8.49. The maximum atomic E-state index is 11.9. The number of nitrogens with one attached hydrogen (secondary N) is 2. The van der Waals surface area contributed by atoms with Crippen molar-refractivity contribution in [2.45, 2.75) is 50.2 Å². The summed E-state index contributed by atoms with van der Waals surface area (Å²) in [5, 5.41) is 3.15. The Hall–Kier alpha value is 0.220. The summed E-state index contributed by atoms with van der Waals surface area (Å²) in [4.78, 5) is 0. The van der Waals surface area contributed by atoms with E-state index in [2.05, 4.69) is 16.3 Å². The maximum Gasteiger partial charge on any atom is 0.211 e. The van der Waals surface area contributed by atoms with Crippen LogP contribution in [0, 0.1) is 0 Å². The van der Waals surface area contributed by atoms with Crippen LogP contribution in [0.5, 0.6) is 0 Å². The predicted octanol–water partition coefficient (Wildman–Crippen LogP) is 1.97. The molecule has 2 N–H and O–H groups in total. The van der Waals surface area contributed by atoms with Crippen LogP contribution in [0.2, 0.25) is 0 Å². The summed E-state index contributed by atoms with van der Waals surface area (Å²) in [5.74, 6) is 0.227. The Kier molecular flexibility index (Phi) is 7.72. The van der Waals surface area contributed by atoms with E-state index >= 15 is 0 Å². The molecule has 0 bridgehead atoms. The molecule has 0 saturated heterocycles. The molecular weight excluding hydrogens is 280 g/mol. The minimum Gasteiger partial charge on any atom is -0.317 e. The quantitative estimate of drug-likeness (QED) is 0.639. The molecule has 19 heavy (non-hydrogen) atoms. The molecule has 1 fully saturated rings. The zero-order valence-corrected chi connectivity index (χ0v) is 13.8. The molecule has 6 heteroatoms. The lowest BCUT2D eigenvalue weighted by Crippen LogP contribution is -2.42. The Morgan fingerprint density at radius 3 is 2.47 bits per heavy atom. The van der Waals surface area contributed by atoms with E-state index in [1.807, 2.05) is 18.7 Å². The number of hydrogen-bond donors (Lipinski definition) is 2. The van der Waals surface area contributed by atoms with Crippen molar-refractivity contribution in [2.24, 2.45) is 0 Å². The molecule has 114 valence electrons. The van der Waals surface area contributed by atoms with Crippen LogP contribution in [-0.4, -0.2) is 44.8 Å². The first-order valence-electron chi connectivity index (χ1n) is 7.27. The van der Waals surface area contributed by atoms with E-state index in [9.17, 15) is 8.42 Å². The van der Waals surface area contributed by atoms with Gasteiger partial charge in [0.25, 0.3) is 0 Å². The fourth-order valence-electron chi connectivity index (χ4n) is 2.53. The van der Waals surface area contributed by atoms with E-state index in [1.54, 1.807) is 0 Å². The highest BCUT2D eigenvalue weighted by Gasteiger charge is 2.32. The highest BCUT2D eigenvalue weighted by molar-refractivity contribution is 8.00. The molecule has 0 aromatic carbocycles. The van der Waals surface area contributed by atoms with Crippen molar-refractivity contribution < 1.29 is 8.42 Å². The van der Waals surface area contributed by atoms with Crippen LogP contribution in [0.3, 0.4) is 0 Å². The van der Waals surface area contributed by atoms with Gasteiger partial charge in [-0.1, -0.05) is 26.2 Å². The molecule has 0 amide bonds. The van der Waals surface area contributed by atoms with Gasteiger partial charge in [0, 0.05) is 11.3 Å². The van der Waals surface area contributed by atoms with Gasteiger partial charge in [-0.05, 0) is 38.6 Å². The fourth-order valence-corrected chi connectivity index (χ4v) is 4.70. The Bertz CT molecular complexity index is 339. The third-order valence-corrected chi connectivity index (χ3v) is 6.66. The highest BCUT2D eigenvalue weighted by atomic mass is 32.2. The Morgan fingerprint density at radius 2 is 1.89 bits per heavy atom. The van der Waals surface area contributed by atoms with Gasteiger partial charge in [-0.2, -0.15) is 11.8 Å². The lowest BCUT2D eigenvalue weighted by Gasteiger charge is -2.35. The van der Waals surface area contributed by atoms with E-state index < -0.39 is 10.0 Å². The minimum atomic E-state index is -3.11. The van der Waals surface area contributed by atoms with Crippen LogP contribution in [0.4, 0.5) is 0 Å². The lowest BCUT2D eigenvalue weighted by molar-refractivity contribution is 0.395. The van der Waals surface area contributed by atoms with Gasteiger partial charge in [0.1, 0.15) is 0 Å². The van der Waals surface area contributed by atoms with Crippen LogP contribution in [0.25, 0.3) is 0 Å². The molecule has 0 radical (unpaired) electrons. The predicted molar refractivity (Wildman–Crippen MR) is 84.3 cm³/mol. The van der Waals surface area contributed by atoms with Gasteiger partial charge in [-0.3, -0.25) is 0 Å². The zero-order chi connectivity index (χ0) is 14.2.